The van der Waals surface area contributed by atoms with E-state index in [0.717, 1.165) is 24.1 Å². The quantitative estimate of drug-likeness (QED) is 0.869. The molecule has 1 aliphatic rings. The summed E-state index contributed by atoms with van der Waals surface area (Å²) < 4.78 is 12.8. The van der Waals surface area contributed by atoms with Gasteiger partial charge in [0.15, 0.2) is 0 Å². The number of hydrogen-bond donors (Lipinski definition) is 1. The van der Waals surface area contributed by atoms with Crippen LogP contribution < -0.4 is 5.73 Å². The van der Waals surface area contributed by atoms with Gasteiger partial charge >= 0.3 is 0 Å². The Hall–Kier alpha value is -2.04. The molecule has 2 N–H and O–H groups in total. The summed E-state index contributed by atoms with van der Waals surface area (Å²) in [7, 11) is 0. The van der Waals surface area contributed by atoms with Crippen molar-refractivity contribution in [2.75, 3.05) is 0 Å². The molecule has 1 aliphatic heterocycles. The third kappa shape index (κ3) is 3.23. The fourth-order valence-electron chi connectivity index (χ4n) is 1.83. The molecule has 0 saturated carbocycles. The number of amides is 1. The summed E-state index contributed by atoms with van der Waals surface area (Å²) in [4.78, 5) is 11.0. The zero-order chi connectivity index (χ0) is 13.0. The van der Waals surface area contributed by atoms with E-state index >= 15 is 0 Å². The number of carbonyl (C=O) groups is 1. The van der Waals surface area contributed by atoms with Gasteiger partial charge < -0.3 is 5.73 Å². The van der Waals surface area contributed by atoms with Crippen LogP contribution in [0, 0.1) is 5.82 Å². The summed E-state index contributed by atoms with van der Waals surface area (Å²) in [5.41, 5.74) is 7.36. The van der Waals surface area contributed by atoms with Gasteiger partial charge in [-0.15, -0.1) is 5.10 Å². The van der Waals surface area contributed by atoms with E-state index in [1.807, 2.05) is 0 Å². The molecule has 0 aliphatic carbocycles. The predicted molar refractivity (Wildman–Crippen MR) is 68.0 cm³/mol. The topological polar surface area (TPSA) is 67.8 Å². The first-order valence-corrected chi connectivity index (χ1v) is 5.81. The Balaban J connectivity index is 2.09. The maximum Gasteiger partial charge on any atom is 0.264 e. The molecule has 1 heterocycles. The zero-order valence-corrected chi connectivity index (χ0v) is 9.90. The van der Waals surface area contributed by atoms with Crippen molar-refractivity contribution in [3.05, 3.63) is 35.6 Å². The molecule has 1 aromatic carbocycles. The second kappa shape index (κ2) is 5.53. The first-order valence-electron chi connectivity index (χ1n) is 5.81. The predicted octanol–water partition coefficient (Wildman–Crippen LogP) is 1.83. The highest BCUT2D eigenvalue weighted by Gasteiger charge is 2.12. The van der Waals surface area contributed by atoms with Crippen LogP contribution >= 0.6 is 0 Å². The lowest BCUT2D eigenvalue weighted by Gasteiger charge is -2.02. The number of rotatable bonds is 3. The van der Waals surface area contributed by atoms with Crippen molar-refractivity contribution in [3.8, 4) is 0 Å². The van der Waals surface area contributed by atoms with Gasteiger partial charge in [-0.3, -0.25) is 4.79 Å². The van der Waals surface area contributed by atoms with E-state index in [0.29, 0.717) is 18.6 Å². The van der Waals surface area contributed by atoms with Crippen LogP contribution in [0.25, 0.3) is 0 Å². The van der Waals surface area contributed by atoms with E-state index < -0.39 is 5.91 Å². The standard InChI is InChI=1S/C13H14FN3O/c14-10-6-4-9(5-7-10)8-11-2-1-3-12(13(15)18)17-16-11/h4-7H,1-3,8H2,(H2,15,18). The van der Waals surface area contributed by atoms with Gasteiger partial charge in [0.25, 0.3) is 5.91 Å². The SMILES string of the molecule is NC(=O)C1=NN=C(Cc2ccc(F)cc2)CCC1. The number of carbonyl (C=O) groups excluding carboxylic acids is 1. The van der Waals surface area contributed by atoms with Crippen LogP contribution in [0.1, 0.15) is 24.8 Å². The number of hydrogen-bond acceptors (Lipinski definition) is 3. The second-order valence-corrected chi connectivity index (χ2v) is 4.23. The van der Waals surface area contributed by atoms with E-state index in [1.54, 1.807) is 12.1 Å². The van der Waals surface area contributed by atoms with Gasteiger partial charge in [-0.05, 0) is 37.0 Å². The first-order chi connectivity index (χ1) is 8.65. The second-order valence-electron chi connectivity index (χ2n) is 4.23. The number of nitrogens with two attached hydrogens (primary N) is 1. The van der Waals surface area contributed by atoms with Crippen molar-refractivity contribution in [2.45, 2.75) is 25.7 Å². The van der Waals surface area contributed by atoms with E-state index in [9.17, 15) is 9.18 Å². The Kier molecular flexibility index (Phi) is 3.82. The largest absolute Gasteiger partial charge is 0.364 e. The molecule has 0 saturated heterocycles. The van der Waals surface area contributed by atoms with Crippen molar-refractivity contribution in [1.82, 2.24) is 0 Å². The van der Waals surface area contributed by atoms with Crippen LogP contribution in [-0.4, -0.2) is 17.3 Å². The molecular weight excluding hydrogens is 233 g/mol. The van der Waals surface area contributed by atoms with Gasteiger partial charge in [-0.2, -0.15) is 5.10 Å². The Morgan fingerprint density at radius 1 is 1.22 bits per heavy atom. The maximum absolute atomic E-state index is 12.8. The van der Waals surface area contributed by atoms with Gasteiger partial charge in [0.1, 0.15) is 11.5 Å². The lowest BCUT2D eigenvalue weighted by atomic mass is 10.0. The van der Waals surface area contributed by atoms with Crippen LogP contribution in [0.15, 0.2) is 34.5 Å². The molecule has 1 amide bonds. The molecule has 0 unspecified atom stereocenters. The summed E-state index contributed by atoms with van der Waals surface area (Å²) >= 11 is 0. The van der Waals surface area contributed by atoms with Crippen LogP contribution in [-0.2, 0) is 11.2 Å². The molecule has 0 spiro atoms. The molecule has 0 atom stereocenters. The van der Waals surface area contributed by atoms with Gasteiger partial charge in [0.2, 0.25) is 0 Å². The smallest absolute Gasteiger partial charge is 0.264 e. The average molecular weight is 247 g/mol. The Labute approximate surface area is 104 Å². The normalized spacial score (nSPS) is 15.6. The van der Waals surface area contributed by atoms with Crippen molar-refractivity contribution in [2.24, 2.45) is 15.9 Å². The molecule has 18 heavy (non-hydrogen) atoms. The number of benzene rings is 1. The first kappa shape index (κ1) is 12.4. The lowest BCUT2D eigenvalue weighted by molar-refractivity contribution is -0.112. The van der Waals surface area contributed by atoms with Gasteiger partial charge in [0.05, 0.1) is 0 Å². The van der Waals surface area contributed by atoms with Gasteiger partial charge in [-0.25, -0.2) is 4.39 Å². The van der Waals surface area contributed by atoms with E-state index in [-0.39, 0.29) is 5.82 Å². The molecule has 0 radical (unpaired) electrons. The fourth-order valence-corrected chi connectivity index (χ4v) is 1.83. The maximum atomic E-state index is 12.8. The van der Waals surface area contributed by atoms with E-state index in [4.69, 9.17) is 5.73 Å². The zero-order valence-electron chi connectivity index (χ0n) is 9.90. The third-order valence-corrected chi connectivity index (χ3v) is 2.80. The van der Waals surface area contributed by atoms with Crippen LogP contribution in [0.3, 0.4) is 0 Å². The molecular formula is C13H14FN3O. The summed E-state index contributed by atoms with van der Waals surface area (Å²) in [5.74, 6) is -0.766. The van der Waals surface area contributed by atoms with Crippen LogP contribution in [0.5, 0.6) is 0 Å². The Morgan fingerprint density at radius 2 is 1.94 bits per heavy atom. The van der Waals surface area contributed by atoms with Crippen LogP contribution in [0.2, 0.25) is 0 Å². The van der Waals surface area contributed by atoms with Crippen molar-refractivity contribution < 1.29 is 9.18 Å². The number of halogens is 1. The summed E-state index contributed by atoms with van der Waals surface area (Å²) in [6.07, 6.45) is 2.76. The highest BCUT2D eigenvalue weighted by Crippen LogP contribution is 2.11. The Morgan fingerprint density at radius 3 is 2.61 bits per heavy atom. The summed E-state index contributed by atoms with van der Waals surface area (Å²) in [6, 6.07) is 6.29. The number of primary amides is 1. The number of nitrogens with zero attached hydrogens (tertiary/aromatic N) is 2. The highest BCUT2D eigenvalue weighted by atomic mass is 19.1. The average Bonchev–Trinajstić information content (AvgIpc) is 2.58. The molecule has 0 bridgehead atoms. The van der Waals surface area contributed by atoms with E-state index in [2.05, 4.69) is 10.2 Å². The van der Waals surface area contributed by atoms with Gasteiger partial charge in [0, 0.05) is 12.1 Å². The molecule has 0 aromatic heterocycles. The third-order valence-electron chi connectivity index (χ3n) is 2.80. The molecule has 94 valence electrons. The van der Waals surface area contributed by atoms with Crippen molar-refractivity contribution in [1.29, 1.82) is 0 Å². The molecule has 1 aromatic rings. The molecule has 5 heteroatoms. The Bertz CT molecular complexity index is 505. The molecule has 0 fully saturated rings. The van der Waals surface area contributed by atoms with Crippen molar-refractivity contribution in [3.63, 3.8) is 0 Å². The highest BCUT2D eigenvalue weighted by molar-refractivity contribution is 6.38. The summed E-state index contributed by atoms with van der Waals surface area (Å²) in [5, 5.41) is 7.93. The minimum absolute atomic E-state index is 0.254. The fraction of sp³-hybridized carbons (Fsp3) is 0.308. The van der Waals surface area contributed by atoms with E-state index in [1.165, 1.54) is 12.1 Å². The monoisotopic (exact) mass is 247 g/mol. The summed E-state index contributed by atoms with van der Waals surface area (Å²) in [6.45, 7) is 0. The lowest BCUT2D eigenvalue weighted by Crippen LogP contribution is -2.22. The molecule has 2 rings (SSSR count). The molecule has 4 nitrogen and oxygen atoms in total. The van der Waals surface area contributed by atoms with Crippen LogP contribution in [0.4, 0.5) is 4.39 Å². The minimum Gasteiger partial charge on any atom is -0.364 e. The van der Waals surface area contributed by atoms with Crippen molar-refractivity contribution >= 4 is 17.3 Å². The van der Waals surface area contributed by atoms with Gasteiger partial charge in [-0.1, -0.05) is 12.1 Å². The minimum atomic E-state index is -0.512.